The van der Waals surface area contributed by atoms with Crippen LogP contribution in [0.25, 0.3) is 11.1 Å². The Morgan fingerprint density at radius 3 is 2.74 bits per heavy atom. The summed E-state index contributed by atoms with van der Waals surface area (Å²) in [5.41, 5.74) is 3.55. The Bertz CT molecular complexity index is 1140. The van der Waals surface area contributed by atoms with Crippen LogP contribution in [0, 0.1) is 13.8 Å². The van der Waals surface area contributed by atoms with Crippen molar-refractivity contribution in [1.82, 2.24) is 10.3 Å². The zero-order chi connectivity index (χ0) is 22.1. The van der Waals surface area contributed by atoms with E-state index in [0.717, 1.165) is 38.9 Å². The summed E-state index contributed by atoms with van der Waals surface area (Å²) in [5, 5.41) is 4.36. The summed E-state index contributed by atoms with van der Waals surface area (Å²) >= 11 is 7.94. The number of aromatic nitrogens is 1. The Balaban J connectivity index is 1.52. The highest BCUT2D eigenvalue weighted by Crippen LogP contribution is 2.42. The van der Waals surface area contributed by atoms with E-state index in [2.05, 4.69) is 16.4 Å². The Hall–Kier alpha value is -2.77. The van der Waals surface area contributed by atoms with E-state index in [1.807, 2.05) is 38.1 Å². The second kappa shape index (κ2) is 8.77. The van der Waals surface area contributed by atoms with Crippen molar-refractivity contribution in [2.45, 2.75) is 26.4 Å². The molecule has 2 heterocycles. The highest BCUT2D eigenvalue weighted by Gasteiger charge is 2.27. The Morgan fingerprint density at radius 1 is 1.26 bits per heavy atom. The Kier molecular flexibility index (Phi) is 6.07. The lowest BCUT2D eigenvalue weighted by Crippen LogP contribution is -2.34. The lowest BCUT2D eigenvalue weighted by atomic mass is 9.99. The summed E-state index contributed by atoms with van der Waals surface area (Å²) in [6.45, 7) is 4.12. The van der Waals surface area contributed by atoms with Gasteiger partial charge in [0, 0.05) is 17.5 Å². The smallest absolute Gasteiger partial charge is 0.263 e. The third-order valence-corrected chi connectivity index (χ3v) is 6.52. The Morgan fingerprint density at radius 2 is 2.06 bits per heavy atom. The lowest BCUT2D eigenvalue weighted by molar-refractivity contribution is 0.0937. The van der Waals surface area contributed by atoms with Crippen LogP contribution in [-0.4, -0.2) is 37.8 Å². The van der Waals surface area contributed by atoms with Crippen LogP contribution in [0.3, 0.4) is 0 Å². The number of aryl methyl sites for hydroxylation is 2. The highest BCUT2D eigenvalue weighted by molar-refractivity contribution is 7.13. The van der Waals surface area contributed by atoms with Crippen molar-refractivity contribution in [3.63, 3.8) is 0 Å². The van der Waals surface area contributed by atoms with Crippen LogP contribution in [0.4, 0.5) is 0 Å². The predicted octanol–water partition coefficient (Wildman–Crippen LogP) is 4.83. The third kappa shape index (κ3) is 4.34. The molecule has 2 aromatic carbocycles. The van der Waals surface area contributed by atoms with E-state index in [9.17, 15) is 4.79 Å². The average Bonchev–Trinajstić information content (AvgIpc) is 3.33. The van der Waals surface area contributed by atoms with E-state index in [-0.39, 0.29) is 12.0 Å². The molecule has 0 radical (unpaired) electrons. The van der Waals surface area contributed by atoms with Gasteiger partial charge in [0.25, 0.3) is 5.91 Å². The number of benzene rings is 2. The van der Waals surface area contributed by atoms with E-state index in [1.165, 1.54) is 11.3 Å². The molecule has 1 N–H and O–H groups in total. The van der Waals surface area contributed by atoms with Crippen molar-refractivity contribution in [3.8, 4) is 28.4 Å². The highest BCUT2D eigenvalue weighted by atomic mass is 35.5. The number of hydrogen-bond donors (Lipinski definition) is 1. The summed E-state index contributed by atoms with van der Waals surface area (Å²) in [6.07, 6.45) is 0.462. The van der Waals surface area contributed by atoms with Gasteiger partial charge in [0.1, 0.15) is 28.2 Å². The van der Waals surface area contributed by atoms with Gasteiger partial charge in [0.05, 0.1) is 36.5 Å². The number of halogens is 1. The SMILES string of the molecule is COc1ccc(OC)c(-c2cc(Cl)c3c(c2)C[C@H](CNC(=O)c2sc(C)nc2C)O3)c1. The maximum atomic E-state index is 12.5. The van der Waals surface area contributed by atoms with Gasteiger partial charge >= 0.3 is 0 Å². The minimum atomic E-state index is -0.187. The normalized spacial score (nSPS) is 14.7. The molecule has 6 nitrogen and oxygen atoms in total. The van der Waals surface area contributed by atoms with Gasteiger partial charge in [0.2, 0.25) is 0 Å². The summed E-state index contributed by atoms with van der Waals surface area (Å²) in [7, 11) is 3.26. The topological polar surface area (TPSA) is 69.7 Å². The summed E-state index contributed by atoms with van der Waals surface area (Å²) in [4.78, 5) is 17.4. The summed E-state index contributed by atoms with van der Waals surface area (Å²) < 4.78 is 16.9. The van der Waals surface area contributed by atoms with Gasteiger partial charge in [-0.25, -0.2) is 4.98 Å². The maximum absolute atomic E-state index is 12.5. The van der Waals surface area contributed by atoms with Crippen LogP contribution >= 0.6 is 22.9 Å². The monoisotopic (exact) mass is 458 g/mol. The van der Waals surface area contributed by atoms with Gasteiger partial charge in [-0.05, 0) is 49.7 Å². The molecule has 8 heteroatoms. The molecular formula is C23H23ClN2O4S. The number of methoxy groups -OCH3 is 2. The molecule has 1 aliphatic heterocycles. The number of fused-ring (bicyclic) bond motifs is 1. The van der Waals surface area contributed by atoms with Crippen molar-refractivity contribution < 1.29 is 19.0 Å². The molecular weight excluding hydrogens is 436 g/mol. The third-order valence-electron chi connectivity index (χ3n) is 5.17. The van der Waals surface area contributed by atoms with Crippen LogP contribution < -0.4 is 19.5 Å². The molecule has 0 aliphatic carbocycles. The average molecular weight is 459 g/mol. The van der Waals surface area contributed by atoms with Crippen molar-refractivity contribution in [1.29, 1.82) is 0 Å². The first-order valence-corrected chi connectivity index (χ1v) is 11.0. The number of amides is 1. The zero-order valence-corrected chi connectivity index (χ0v) is 19.3. The van der Waals surface area contributed by atoms with E-state index in [1.54, 1.807) is 14.2 Å². The molecule has 0 unspecified atom stereocenters. The van der Waals surface area contributed by atoms with E-state index in [4.69, 9.17) is 25.8 Å². The first kappa shape index (κ1) is 21.5. The lowest BCUT2D eigenvalue weighted by Gasteiger charge is -2.13. The van der Waals surface area contributed by atoms with Gasteiger partial charge < -0.3 is 19.5 Å². The number of rotatable bonds is 6. The fourth-order valence-corrected chi connectivity index (χ4v) is 4.85. The molecule has 3 aromatic rings. The molecule has 31 heavy (non-hydrogen) atoms. The van der Waals surface area contributed by atoms with Gasteiger partial charge in [-0.1, -0.05) is 11.6 Å². The first-order valence-electron chi connectivity index (χ1n) is 9.83. The largest absolute Gasteiger partial charge is 0.497 e. The molecule has 1 aromatic heterocycles. The number of ether oxygens (including phenoxy) is 3. The summed E-state index contributed by atoms with van der Waals surface area (Å²) in [5.74, 6) is 2.00. The predicted molar refractivity (Wildman–Crippen MR) is 122 cm³/mol. The van der Waals surface area contributed by atoms with Crippen molar-refractivity contribution in [2.24, 2.45) is 0 Å². The van der Waals surface area contributed by atoms with Gasteiger partial charge in [-0.2, -0.15) is 0 Å². The standard InChI is InChI=1S/C23H23ClN2O4S/c1-12-22(31-13(2)26-12)23(27)25-11-17-8-15-7-14(9-19(24)21(15)30-17)18-10-16(28-3)5-6-20(18)29-4/h5-7,9-10,17H,8,11H2,1-4H3,(H,25,27)/t17-/m1/s1. The molecule has 0 fully saturated rings. The molecule has 4 rings (SSSR count). The maximum Gasteiger partial charge on any atom is 0.263 e. The van der Waals surface area contributed by atoms with E-state index < -0.39 is 0 Å². The molecule has 0 saturated carbocycles. The first-order chi connectivity index (χ1) is 14.9. The molecule has 0 bridgehead atoms. The van der Waals surface area contributed by atoms with Crippen LogP contribution in [0.15, 0.2) is 30.3 Å². The van der Waals surface area contributed by atoms with Crippen LogP contribution in [0.5, 0.6) is 17.2 Å². The summed E-state index contributed by atoms with van der Waals surface area (Å²) in [6, 6.07) is 9.56. The van der Waals surface area contributed by atoms with Gasteiger partial charge in [-0.3, -0.25) is 4.79 Å². The molecule has 1 aliphatic rings. The van der Waals surface area contributed by atoms with Crippen molar-refractivity contribution in [2.75, 3.05) is 20.8 Å². The van der Waals surface area contributed by atoms with Crippen LogP contribution in [0.1, 0.15) is 25.9 Å². The number of carbonyl (C=O) groups excluding carboxylic acids is 1. The van der Waals surface area contributed by atoms with Crippen molar-refractivity contribution in [3.05, 3.63) is 56.5 Å². The molecule has 1 atom stereocenters. The molecule has 162 valence electrons. The van der Waals surface area contributed by atoms with E-state index in [0.29, 0.717) is 28.6 Å². The van der Waals surface area contributed by atoms with Crippen LogP contribution in [-0.2, 0) is 6.42 Å². The van der Waals surface area contributed by atoms with Gasteiger partial charge in [0.15, 0.2) is 0 Å². The van der Waals surface area contributed by atoms with Crippen LogP contribution in [0.2, 0.25) is 5.02 Å². The number of nitrogens with one attached hydrogen (secondary N) is 1. The quantitative estimate of drug-likeness (QED) is 0.572. The zero-order valence-electron chi connectivity index (χ0n) is 17.7. The van der Waals surface area contributed by atoms with Gasteiger partial charge in [-0.15, -0.1) is 11.3 Å². The van der Waals surface area contributed by atoms with Crippen molar-refractivity contribution >= 4 is 28.8 Å². The molecule has 0 saturated heterocycles. The second-order valence-corrected chi connectivity index (χ2v) is 8.92. The van der Waals surface area contributed by atoms with E-state index >= 15 is 0 Å². The number of nitrogens with zero attached hydrogens (tertiary/aromatic N) is 1. The Labute approximate surface area is 190 Å². The second-order valence-electron chi connectivity index (χ2n) is 7.31. The molecule has 0 spiro atoms. The number of hydrogen-bond acceptors (Lipinski definition) is 6. The minimum Gasteiger partial charge on any atom is -0.497 e. The number of carbonyl (C=O) groups is 1. The fraction of sp³-hybridized carbons (Fsp3) is 0.304. The molecule has 1 amide bonds. The number of thiazole rings is 1. The fourth-order valence-electron chi connectivity index (χ4n) is 3.73. The minimum absolute atomic E-state index is 0.129.